The van der Waals surface area contributed by atoms with Crippen LogP contribution in [0.2, 0.25) is 0 Å². The van der Waals surface area contributed by atoms with Crippen LogP contribution in [0.3, 0.4) is 0 Å². The van der Waals surface area contributed by atoms with Gasteiger partial charge in [0.15, 0.2) is 0 Å². The maximum Gasteiger partial charge on any atom is 0.255 e. The summed E-state index contributed by atoms with van der Waals surface area (Å²) in [6, 6.07) is 5.41. The summed E-state index contributed by atoms with van der Waals surface area (Å²) in [6.07, 6.45) is 8.06. The summed E-state index contributed by atoms with van der Waals surface area (Å²) >= 11 is 0. The zero-order chi connectivity index (χ0) is 29.7. The van der Waals surface area contributed by atoms with E-state index in [4.69, 9.17) is 20.3 Å². The molecule has 0 unspecified atom stereocenters. The Morgan fingerprint density at radius 2 is 2.07 bits per heavy atom. The Kier molecular flexibility index (Phi) is 6.96. The number of aromatic nitrogens is 7. The van der Waals surface area contributed by atoms with E-state index in [1.165, 1.54) is 24.1 Å². The molecule has 2 N–H and O–H groups in total. The third-order valence-corrected chi connectivity index (χ3v) is 8.30. The second kappa shape index (κ2) is 11.0. The van der Waals surface area contributed by atoms with Gasteiger partial charge >= 0.3 is 0 Å². The quantitative estimate of drug-likeness (QED) is 0.278. The number of alkyl halides is 1. The molecule has 1 saturated heterocycles. The van der Waals surface area contributed by atoms with Crippen molar-refractivity contribution >= 4 is 22.3 Å². The highest BCUT2D eigenvalue weighted by molar-refractivity contribution is 5.96. The number of rotatable bonds is 9. The van der Waals surface area contributed by atoms with Crippen molar-refractivity contribution in [3.05, 3.63) is 54.4 Å². The summed E-state index contributed by atoms with van der Waals surface area (Å²) in [5.41, 5.74) is 10.7. The van der Waals surface area contributed by atoms with Crippen molar-refractivity contribution in [2.45, 2.75) is 51.5 Å². The van der Waals surface area contributed by atoms with Crippen molar-refractivity contribution in [3.63, 3.8) is 0 Å². The number of nitrogens with zero attached hydrogens (tertiary/aromatic N) is 8. The van der Waals surface area contributed by atoms with Gasteiger partial charge in [0.25, 0.3) is 5.91 Å². The van der Waals surface area contributed by atoms with Crippen molar-refractivity contribution in [3.8, 4) is 23.0 Å². The fourth-order valence-electron chi connectivity index (χ4n) is 6.04. The van der Waals surface area contributed by atoms with Gasteiger partial charge in [0.1, 0.15) is 47.9 Å². The molecular formula is C30H34FN9O3. The standard InChI is InChI=1S/C30H34FN9O3/c1-18-26(36-40-13-21(10-25(42-2)27(18)40)30(41)37-14-22(31)11-23(32)15-37)24-9-20-5-6-34-29(28(20)39(24)12-19-3-4-19)43-8-7-38-17-33-16-35-38/h5-6,9-10,13,16-17,19,22-23H,3-4,7-8,11-12,14-15,32H2,1-2H3/t22-,23-/m1/s1. The fourth-order valence-corrected chi connectivity index (χ4v) is 6.04. The molecule has 224 valence electrons. The number of aryl methyl sites for hydroxylation is 1. The number of halogens is 1. The maximum atomic E-state index is 14.2. The van der Waals surface area contributed by atoms with Crippen LogP contribution in [0.5, 0.6) is 11.6 Å². The molecule has 0 spiro atoms. The van der Waals surface area contributed by atoms with Gasteiger partial charge in [0.05, 0.1) is 31.5 Å². The number of ether oxygens (including phenoxy) is 2. The predicted octanol–water partition coefficient (Wildman–Crippen LogP) is 3.26. The van der Waals surface area contributed by atoms with Crippen LogP contribution in [0.1, 0.15) is 35.2 Å². The monoisotopic (exact) mass is 587 g/mol. The molecule has 0 bridgehead atoms. The first-order chi connectivity index (χ1) is 20.9. The summed E-state index contributed by atoms with van der Waals surface area (Å²) in [5.74, 6) is 1.35. The highest BCUT2D eigenvalue weighted by Gasteiger charge is 2.31. The number of likely N-dealkylation sites (tertiary alicyclic amines) is 1. The fraction of sp³-hybridized carbons (Fsp3) is 0.433. The van der Waals surface area contributed by atoms with E-state index in [0.29, 0.717) is 42.8 Å². The molecule has 43 heavy (non-hydrogen) atoms. The molecule has 0 radical (unpaired) electrons. The van der Waals surface area contributed by atoms with E-state index < -0.39 is 12.2 Å². The number of carbonyl (C=O) groups is 1. The van der Waals surface area contributed by atoms with Crippen LogP contribution < -0.4 is 15.2 Å². The number of hydrogen-bond acceptors (Lipinski definition) is 8. The molecule has 2 atom stereocenters. The summed E-state index contributed by atoms with van der Waals surface area (Å²) in [5, 5.41) is 10.1. The van der Waals surface area contributed by atoms with Crippen molar-refractivity contribution in [2.24, 2.45) is 11.7 Å². The lowest BCUT2D eigenvalue weighted by molar-refractivity contribution is 0.0606. The first kappa shape index (κ1) is 27.3. The molecule has 5 aromatic heterocycles. The SMILES string of the molecule is COc1cc(C(=O)N2C[C@H](N)C[C@@H](F)C2)cn2nc(-c3cc4ccnc(OCCn5cncn5)c4n3CC3CC3)c(C)c12. The summed E-state index contributed by atoms with van der Waals surface area (Å²) in [7, 11) is 1.57. The lowest BCUT2D eigenvalue weighted by atomic mass is 10.0. The number of hydrogen-bond donors (Lipinski definition) is 1. The molecule has 2 aliphatic rings. The Labute approximate surface area is 247 Å². The van der Waals surface area contributed by atoms with E-state index in [1.807, 2.05) is 13.0 Å². The van der Waals surface area contributed by atoms with Crippen LogP contribution >= 0.6 is 0 Å². The Morgan fingerprint density at radius 1 is 1.21 bits per heavy atom. The van der Waals surface area contributed by atoms with Crippen LogP contribution in [0.25, 0.3) is 27.8 Å². The van der Waals surface area contributed by atoms with E-state index in [2.05, 4.69) is 25.7 Å². The van der Waals surface area contributed by atoms with Gasteiger partial charge in [-0.1, -0.05) is 0 Å². The summed E-state index contributed by atoms with van der Waals surface area (Å²) in [4.78, 5) is 23.5. The van der Waals surface area contributed by atoms with Gasteiger partial charge in [-0.3, -0.25) is 4.79 Å². The Bertz CT molecular complexity index is 1780. The Morgan fingerprint density at radius 3 is 2.81 bits per heavy atom. The third-order valence-electron chi connectivity index (χ3n) is 8.30. The van der Waals surface area contributed by atoms with E-state index in [1.54, 1.807) is 41.1 Å². The van der Waals surface area contributed by atoms with Crippen LogP contribution in [0.15, 0.2) is 43.2 Å². The number of piperidine rings is 1. The van der Waals surface area contributed by atoms with E-state index in [0.717, 1.165) is 39.9 Å². The first-order valence-electron chi connectivity index (χ1n) is 14.6. The zero-order valence-electron chi connectivity index (χ0n) is 24.2. The minimum absolute atomic E-state index is 0.0226. The average molecular weight is 588 g/mol. The lowest BCUT2D eigenvalue weighted by Crippen LogP contribution is -2.50. The minimum atomic E-state index is -1.14. The van der Waals surface area contributed by atoms with Crippen LogP contribution in [0, 0.1) is 12.8 Å². The molecule has 1 amide bonds. The summed E-state index contributed by atoms with van der Waals surface area (Å²) in [6.45, 7) is 4.10. The van der Waals surface area contributed by atoms with Gasteiger partial charge in [-0.15, -0.1) is 0 Å². The second-order valence-electron chi connectivity index (χ2n) is 11.5. The molecule has 1 aliphatic heterocycles. The molecule has 0 aromatic carbocycles. The minimum Gasteiger partial charge on any atom is -0.494 e. The molecule has 5 aromatic rings. The van der Waals surface area contributed by atoms with E-state index in [-0.39, 0.29) is 18.9 Å². The van der Waals surface area contributed by atoms with Gasteiger partial charge in [0.2, 0.25) is 5.88 Å². The highest BCUT2D eigenvalue weighted by atomic mass is 19.1. The van der Waals surface area contributed by atoms with Gasteiger partial charge in [0, 0.05) is 42.5 Å². The number of carbonyl (C=O) groups excluding carboxylic acids is 1. The number of fused-ring (bicyclic) bond motifs is 2. The molecule has 2 fully saturated rings. The first-order valence-corrected chi connectivity index (χ1v) is 14.6. The number of methoxy groups -OCH3 is 1. The predicted molar refractivity (Wildman–Crippen MR) is 157 cm³/mol. The highest BCUT2D eigenvalue weighted by Crippen LogP contribution is 2.40. The molecule has 13 heteroatoms. The third kappa shape index (κ3) is 5.18. The number of pyridine rings is 2. The lowest BCUT2D eigenvalue weighted by Gasteiger charge is -2.33. The van der Waals surface area contributed by atoms with Gasteiger partial charge in [-0.2, -0.15) is 10.2 Å². The maximum absolute atomic E-state index is 14.2. The second-order valence-corrected chi connectivity index (χ2v) is 11.5. The van der Waals surface area contributed by atoms with Crippen LogP contribution in [0.4, 0.5) is 4.39 Å². The Balaban J connectivity index is 1.29. The normalized spacial score (nSPS) is 18.9. The van der Waals surface area contributed by atoms with Crippen LogP contribution in [-0.4, -0.2) is 83.8 Å². The zero-order valence-corrected chi connectivity index (χ0v) is 24.2. The van der Waals surface area contributed by atoms with E-state index in [9.17, 15) is 9.18 Å². The molecule has 6 heterocycles. The molecule has 7 rings (SSSR count). The molecular weight excluding hydrogens is 553 g/mol. The van der Waals surface area contributed by atoms with Gasteiger partial charge in [-0.05, 0) is 50.3 Å². The Hall–Kier alpha value is -4.52. The van der Waals surface area contributed by atoms with Gasteiger partial charge < -0.3 is 24.7 Å². The van der Waals surface area contributed by atoms with Crippen molar-refractivity contribution in [1.82, 2.24) is 38.8 Å². The van der Waals surface area contributed by atoms with E-state index >= 15 is 0 Å². The van der Waals surface area contributed by atoms with Gasteiger partial charge in [-0.25, -0.2) is 23.6 Å². The summed E-state index contributed by atoms with van der Waals surface area (Å²) < 4.78 is 31.9. The van der Waals surface area contributed by atoms with Crippen molar-refractivity contribution in [1.29, 1.82) is 0 Å². The smallest absolute Gasteiger partial charge is 0.255 e. The molecule has 1 saturated carbocycles. The molecule has 12 nitrogen and oxygen atoms in total. The average Bonchev–Trinajstić information content (AvgIpc) is 3.36. The molecule has 1 aliphatic carbocycles. The van der Waals surface area contributed by atoms with Crippen molar-refractivity contribution in [2.75, 3.05) is 26.8 Å². The number of amides is 1. The topological polar surface area (TPSA) is 131 Å². The number of nitrogens with two attached hydrogens (primary N) is 1. The largest absolute Gasteiger partial charge is 0.494 e. The van der Waals surface area contributed by atoms with Crippen LogP contribution in [-0.2, 0) is 13.1 Å². The van der Waals surface area contributed by atoms with Crippen molar-refractivity contribution < 1.29 is 18.7 Å².